The number of H-pyrrole nitrogens is 1. The van der Waals surface area contributed by atoms with Crippen molar-refractivity contribution in [2.24, 2.45) is 10.8 Å². The van der Waals surface area contributed by atoms with E-state index in [1.807, 2.05) is 54.0 Å². The van der Waals surface area contributed by atoms with Crippen molar-refractivity contribution in [1.82, 2.24) is 30.2 Å². The average molecular weight is 991 g/mol. The highest BCUT2D eigenvalue weighted by Gasteiger charge is 2.35. The number of tetrazole rings is 1. The molecule has 2 aliphatic rings. The van der Waals surface area contributed by atoms with E-state index in [1.165, 1.54) is 27.9 Å². The monoisotopic (exact) mass is 991 g/mol. The van der Waals surface area contributed by atoms with Crippen LogP contribution in [0.5, 0.6) is 6.01 Å². The summed E-state index contributed by atoms with van der Waals surface area (Å²) in [5.41, 5.74) is 15.2. The van der Waals surface area contributed by atoms with Crippen LogP contribution in [0.2, 0.25) is 0 Å². The highest BCUT2D eigenvalue weighted by Crippen LogP contribution is 2.43. The first-order valence-corrected chi connectivity index (χ1v) is 25.8. The zero-order valence-electron chi connectivity index (χ0n) is 45.2. The Hall–Kier alpha value is -7.43. The Balaban J connectivity index is 0.951. The van der Waals surface area contributed by atoms with Crippen LogP contribution in [-0.2, 0) is 11.3 Å². The Kier molecular flexibility index (Phi) is 18.0. The largest absolute Gasteiger partial charge is 0.465 e. The lowest BCUT2D eigenvalue weighted by Gasteiger charge is -2.37. The molecule has 0 saturated carbocycles. The standard InChI is InChI=1S/C64H74N6O4/c1-12-73-62-65-58-29-19-28-55(59(58)70(62)42-49-32-34-50(35-33-49)53-26-15-16-27-54(53)60-66-68-69-67-60)61(72)74-52-39-48(7)57(64(10,11)41-52)37-31-46(5)25-18-23-44(3)21-14-13-20-43(2)22-17-24-45(4)30-36-56-47(6)38-51(71)40-63(56,8)9/h13-37,51-52,71H,12,38-42H2,1-11H3,(H,66,67,68,69). The lowest BCUT2D eigenvalue weighted by Crippen LogP contribution is -2.32. The zero-order valence-corrected chi connectivity index (χ0v) is 45.2. The summed E-state index contributed by atoms with van der Waals surface area (Å²) in [5.74, 6) is 0.162. The number of aromatic nitrogens is 6. The van der Waals surface area contributed by atoms with E-state index in [0.29, 0.717) is 54.4 Å². The number of allylic oxidation sites excluding steroid dienone is 20. The first-order valence-electron chi connectivity index (χ1n) is 25.8. The van der Waals surface area contributed by atoms with Crippen LogP contribution in [-0.4, -0.2) is 60.1 Å². The molecule has 2 heterocycles. The van der Waals surface area contributed by atoms with E-state index in [1.54, 1.807) is 0 Å². The number of benzene rings is 3. The molecule has 0 radical (unpaired) electrons. The van der Waals surface area contributed by atoms with E-state index in [9.17, 15) is 9.90 Å². The fraction of sp³-hybridized carbons (Fsp3) is 0.328. The van der Waals surface area contributed by atoms with Gasteiger partial charge in [-0.25, -0.2) is 4.79 Å². The van der Waals surface area contributed by atoms with Crippen molar-refractivity contribution < 1.29 is 19.4 Å². The third kappa shape index (κ3) is 14.0. The van der Waals surface area contributed by atoms with Gasteiger partial charge >= 0.3 is 5.97 Å². The smallest absolute Gasteiger partial charge is 0.340 e. The molecule has 0 bridgehead atoms. The molecule has 3 aromatic carbocycles. The Morgan fingerprint density at radius 2 is 1.31 bits per heavy atom. The van der Waals surface area contributed by atoms with E-state index >= 15 is 0 Å². The van der Waals surface area contributed by atoms with E-state index in [0.717, 1.165) is 51.8 Å². The van der Waals surface area contributed by atoms with E-state index < -0.39 is 0 Å². The predicted molar refractivity (Wildman–Crippen MR) is 302 cm³/mol. The summed E-state index contributed by atoms with van der Waals surface area (Å²) in [5, 5.41) is 24.9. The second-order valence-corrected chi connectivity index (χ2v) is 21.1. The van der Waals surface area contributed by atoms with Crippen molar-refractivity contribution in [2.45, 2.75) is 121 Å². The van der Waals surface area contributed by atoms with Crippen molar-refractivity contribution in [3.05, 3.63) is 208 Å². The first kappa shape index (κ1) is 54.3. The van der Waals surface area contributed by atoms with Gasteiger partial charge in [-0.05, 0) is 124 Å². The molecule has 2 N–H and O–H groups in total. The number of para-hydroxylation sites is 1. The van der Waals surface area contributed by atoms with Crippen molar-refractivity contribution in [1.29, 1.82) is 0 Å². The van der Waals surface area contributed by atoms with Crippen LogP contribution in [0.15, 0.2) is 196 Å². The van der Waals surface area contributed by atoms with Gasteiger partial charge in [-0.1, -0.05) is 201 Å². The number of rotatable bonds is 18. The number of hydrogen-bond donors (Lipinski definition) is 2. The molecular formula is C64H74N6O4. The molecular weight excluding hydrogens is 917 g/mol. The summed E-state index contributed by atoms with van der Waals surface area (Å²) in [4.78, 5) is 19.1. The second kappa shape index (κ2) is 24.5. The lowest BCUT2D eigenvalue weighted by atomic mass is 9.71. The van der Waals surface area contributed by atoms with Crippen LogP contribution in [0, 0.1) is 10.8 Å². The van der Waals surface area contributed by atoms with Crippen molar-refractivity contribution >= 4 is 17.0 Å². The third-order valence-electron chi connectivity index (χ3n) is 13.8. The molecule has 2 aromatic heterocycles. The topological polar surface area (TPSA) is 128 Å². The van der Waals surface area contributed by atoms with Crippen molar-refractivity contribution in [2.75, 3.05) is 6.61 Å². The molecule has 74 heavy (non-hydrogen) atoms. The predicted octanol–water partition coefficient (Wildman–Crippen LogP) is 15.1. The maximum absolute atomic E-state index is 14.2. The molecule has 0 amide bonds. The fourth-order valence-corrected chi connectivity index (χ4v) is 10.3. The van der Waals surface area contributed by atoms with Crippen LogP contribution < -0.4 is 4.74 Å². The zero-order chi connectivity index (χ0) is 53.0. The number of nitrogens with one attached hydrogen (secondary N) is 1. The average Bonchev–Trinajstić information content (AvgIpc) is 4.01. The summed E-state index contributed by atoms with van der Waals surface area (Å²) < 4.78 is 14.4. The molecule has 7 rings (SSSR count). The van der Waals surface area contributed by atoms with Gasteiger partial charge in [0.15, 0.2) is 0 Å². The summed E-state index contributed by atoms with van der Waals surface area (Å²) in [7, 11) is 0. The summed E-state index contributed by atoms with van der Waals surface area (Å²) >= 11 is 0. The SMILES string of the molecule is CCOc1nc2cccc(C(=O)OC3CC(C)=C(C=CC(C)=CC=CC(C)=CC=CC=C(C)C=CC=C(C)C=CC4=C(C)CC(O)CC4(C)C)C(C)(C)C3)c2n1Cc1ccc(-c2ccccc2-c2nn[nH]n2)cc1. The fourth-order valence-electron chi connectivity index (χ4n) is 10.3. The highest BCUT2D eigenvalue weighted by molar-refractivity contribution is 6.02. The van der Waals surface area contributed by atoms with Crippen LogP contribution in [0.3, 0.4) is 0 Å². The van der Waals surface area contributed by atoms with Crippen molar-refractivity contribution in [3.8, 4) is 28.5 Å². The summed E-state index contributed by atoms with van der Waals surface area (Å²) in [6.07, 6.45) is 32.2. The first-order chi connectivity index (χ1) is 35.4. The Labute approximate surface area is 438 Å². The molecule has 10 nitrogen and oxygen atoms in total. The number of fused-ring (bicyclic) bond motifs is 1. The van der Waals surface area contributed by atoms with Gasteiger partial charge < -0.3 is 14.6 Å². The number of aliphatic hydroxyl groups is 1. The molecule has 5 aromatic rings. The van der Waals surface area contributed by atoms with Crippen LogP contribution in [0.25, 0.3) is 33.5 Å². The summed E-state index contributed by atoms with van der Waals surface area (Å²) in [6.45, 7) is 24.4. The molecule has 0 saturated heterocycles. The van der Waals surface area contributed by atoms with Gasteiger partial charge in [0.2, 0.25) is 5.82 Å². The van der Waals surface area contributed by atoms with Gasteiger partial charge in [0, 0.05) is 12.0 Å². The van der Waals surface area contributed by atoms with Crippen LogP contribution >= 0.6 is 0 Å². The van der Waals surface area contributed by atoms with Gasteiger partial charge in [0.05, 0.1) is 35.9 Å². The number of aliphatic hydroxyl groups excluding tert-OH is 1. The molecule has 2 atom stereocenters. The number of carbonyl (C=O) groups is 1. The number of hydrogen-bond acceptors (Lipinski definition) is 8. The Morgan fingerprint density at radius 3 is 1.89 bits per heavy atom. The molecule has 0 fully saturated rings. The van der Waals surface area contributed by atoms with Crippen LogP contribution in [0.4, 0.5) is 0 Å². The molecule has 2 aliphatic carbocycles. The van der Waals surface area contributed by atoms with Crippen LogP contribution in [0.1, 0.15) is 118 Å². The molecule has 2 unspecified atom stereocenters. The third-order valence-corrected chi connectivity index (χ3v) is 13.8. The van der Waals surface area contributed by atoms with E-state index in [2.05, 4.69) is 199 Å². The molecule has 384 valence electrons. The quantitative estimate of drug-likeness (QED) is 0.0656. The van der Waals surface area contributed by atoms with Gasteiger partial charge in [-0.2, -0.15) is 10.2 Å². The van der Waals surface area contributed by atoms with Gasteiger partial charge in [-0.15, -0.1) is 10.2 Å². The molecule has 0 aliphatic heterocycles. The second-order valence-electron chi connectivity index (χ2n) is 21.1. The number of imidazole rings is 1. The number of carbonyl (C=O) groups excluding carboxylic acids is 1. The number of aromatic amines is 1. The minimum absolute atomic E-state index is 0.0214. The van der Waals surface area contributed by atoms with E-state index in [4.69, 9.17) is 14.5 Å². The Bertz CT molecular complexity index is 3160. The molecule has 10 heteroatoms. The van der Waals surface area contributed by atoms with Gasteiger partial charge in [0.1, 0.15) is 6.10 Å². The maximum Gasteiger partial charge on any atom is 0.340 e. The van der Waals surface area contributed by atoms with Gasteiger partial charge in [0.25, 0.3) is 6.01 Å². The molecule has 0 spiro atoms. The Morgan fingerprint density at radius 1 is 0.730 bits per heavy atom. The number of ether oxygens (including phenoxy) is 2. The maximum atomic E-state index is 14.2. The highest BCUT2D eigenvalue weighted by atomic mass is 16.5. The van der Waals surface area contributed by atoms with Gasteiger partial charge in [-0.3, -0.25) is 4.57 Å². The summed E-state index contributed by atoms with van der Waals surface area (Å²) in [6, 6.07) is 22.3. The lowest BCUT2D eigenvalue weighted by molar-refractivity contribution is 0.0190. The normalized spacial score (nSPS) is 19.2. The minimum atomic E-state index is -0.371. The minimum Gasteiger partial charge on any atom is -0.465 e. The van der Waals surface area contributed by atoms with E-state index in [-0.39, 0.29) is 29.0 Å². The van der Waals surface area contributed by atoms with Crippen molar-refractivity contribution in [3.63, 3.8) is 0 Å². The number of nitrogens with zero attached hydrogens (tertiary/aromatic N) is 5. The number of esters is 1.